The zero-order chi connectivity index (χ0) is 28.8. The van der Waals surface area contributed by atoms with E-state index in [0.717, 1.165) is 42.5 Å². The maximum atomic E-state index is 11.1. The predicted octanol–water partition coefficient (Wildman–Crippen LogP) is 6.45. The lowest BCUT2D eigenvalue weighted by Gasteiger charge is -2.25. The van der Waals surface area contributed by atoms with E-state index < -0.39 is 10.0 Å². The Labute approximate surface area is 234 Å². The van der Waals surface area contributed by atoms with Crippen LogP contribution in [0.5, 0.6) is 0 Å². The van der Waals surface area contributed by atoms with E-state index >= 15 is 0 Å². The van der Waals surface area contributed by atoms with E-state index in [1.54, 1.807) is 0 Å². The quantitative estimate of drug-likeness (QED) is 0.278. The van der Waals surface area contributed by atoms with Gasteiger partial charge in [-0.05, 0) is 77.8 Å². The van der Waals surface area contributed by atoms with Crippen molar-refractivity contribution in [1.82, 2.24) is 4.72 Å². The predicted molar refractivity (Wildman–Crippen MR) is 157 cm³/mol. The fourth-order valence-electron chi connectivity index (χ4n) is 3.87. The van der Waals surface area contributed by atoms with E-state index in [1.807, 2.05) is 60.6 Å². The summed E-state index contributed by atoms with van der Waals surface area (Å²) in [6.45, 7) is 13.4. The Morgan fingerprint density at radius 1 is 0.872 bits per heavy atom. The van der Waals surface area contributed by atoms with Gasteiger partial charge < -0.3 is 9.57 Å². The molecule has 2 aromatic rings. The van der Waals surface area contributed by atoms with Crippen molar-refractivity contribution in [3.8, 4) is 11.1 Å². The Balaban J connectivity index is 0.000000178. The van der Waals surface area contributed by atoms with Crippen LogP contribution in [0.2, 0.25) is 0 Å². The average molecular weight is 557 g/mol. The van der Waals surface area contributed by atoms with Crippen LogP contribution in [0.4, 0.5) is 0 Å². The fraction of sp³-hybridized carbons (Fsp3) is 0.548. The van der Waals surface area contributed by atoms with Gasteiger partial charge in [0.2, 0.25) is 10.0 Å². The molecule has 0 aromatic heterocycles. The van der Waals surface area contributed by atoms with Gasteiger partial charge in [0, 0.05) is 17.2 Å². The lowest BCUT2D eigenvalue weighted by atomic mass is 9.96. The van der Waals surface area contributed by atoms with Crippen molar-refractivity contribution in [2.45, 2.75) is 104 Å². The second-order valence-corrected chi connectivity index (χ2v) is 13.9. The zero-order valence-electron chi connectivity index (χ0n) is 24.4. The van der Waals surface area contributed by atoms with Gasteiger partial charge in [0.25, 0.3) is 0 Å². The Bertz CT molecular complexity index is 1210. The van der Waals surface area contributed by atoms with Gasteiger partial charge in [-0.25, -0.2) is 13.1 Å². The molecular formula is C31H44N2O5S. The molecule has 8 heteroatoms. The summed E-state index contributed by atoms with van der Waals surface area (Å²) in [6.07, 6.45) is 5.27. The number of hydrogen-bond acceptors (Lipinski definition) is 6. The van der Waals surface area contributed by atoms with Gasteiger partial charge in [-0.1, -0.05) is 67.5 Å². The first kappa shape index (κ1) is 30.8. The van der Waals surface area contributed by atoms with Crippen LogP contribution in [-0.4, -0.2) is 43.1 Å². The highest BCUT2D eigenvalue weighted by molar-refractivity contribution is 7.90. The number of rotatable bonds is 6. The maximum absolute atomic E-state index is 11.1. The number of ether oxygens (including phenoxy) is 1. The van der Waals surface area contributed by atoms with Crippen molar-refractivity contribution in [2.24, 2.45) is 11.1 Å². The van der Waals surface area contributed by atoms with E-state index in [9.17, 15) is 13.2 Å². The average Bonchev–Trinajstić information content (AvgIpc) is 3.64. The molecule has 214 valence electrons. The number of sulfonamides is 1. The number of hydrogen-bond donors (Lipinski definition) is 1. The molecule has 3 aliphatic carbocycles. The molecule has 7 nitrogen and oxygen atoms in total. The first-order valence-electron chi connectivity index (χ1n) is 14.0. The molecule has 39 heavy (non-hydrogen) atoms. The van der Waals surface area contributed by atoms with Crippen LogP contribution < -0.4 is 4.72 Å². The zero-order valence-corrected chi connectivity index (χ0v) is 25.2. The van der Waals surface area contributed by atoms with Crippen molar-refractivity contribution in [3.05, 3.63) is 59.7 Å². The molecule has 0 amide bonds. The summed E-state index contributed by atoms with van der Waals surface area (Å²) in [7, 11) is -2.94. The molecule has 0 bridgehead atoms. The SMILES string of the molecule is CC(C)(C)ON=C1c2ccccc2-c2ccccc21.CC(C)C(=O)OC1CCC1.CC(C)NS(=O)(=O)C1CC1. The van der Waals surface area contributed by atoms with Gasteiger partial charge in [0.1, 0.15) is 17.4 Å². The van der Waals surface area contributed by atoms with E-state index in [2.05, 4.69) is 46.3 Å². The van der Waals surface area contributed by atoms with Crippen molar-refractivity contribution in [1.29, 1.82) is 0 Å². The fourth-order valence-corrected chi connectivity index (χ4v) is 5.47. The summed E-state index contributed by atoms with van der Waals surface area (Å²) in [5, 5.41) is 4.31. The third kappa shape index (κ3) is 9.17. The van der Waals surface area contributed by atoms with Gasteiger partial charge in [0.15, 0.2) is 0 Å². The minimum Gasteiger partial charge on any atom is -0.462 e. The Hall–Kier alpha value is -2.71. The first-order chi connectivity index (χ1) is 18.3. The molecule has 0 aliphatic heterocycles. The summed E-state index contributed by atoms with van der Waals surface area (Å²) in [6, 6.07) is 16.7. The van der Waals surface area contributed by atoms with Gasteiger partial charge in [-0.15, -0.1) is 0 Å². The second-order valence-electron chi connectivity index (χ2n) is 11.9. The van der Waals surface area contributed by atoms with Crippen molar-refractivity contribution >= 4 is 21.7 Å². The van der Waals surface area contributed by atoms with E-state index in [-0.39, 0.29) is 34.9 Å². The van der Waals surface area contributed by atoms with Gasteiger partial charge in [-0.3, -0.25) is 4.79 Å². The van der Waals surface area contributed by atoms with Crippen LogP contribution in [-0.2, 0) is 24.4 Å². The normalized spacial score (nSPS) is 16.2. The first-order valence-corrected chi connectivity index (χ1v) is 15.5. The third-order valence-corrected chi connectivity index (χ3v) is 8.38. The Morgan fingerprint density at radius 2 is 1.36 bits per heavy atom. The number of oxime groups is 1. The summed E-state index contributed by atoms with van der Waals surface area (Å²) >= 11 is 0. The highest BCUT2D eigenvalue weighted by atomic mass is 32.2. The summed E-state index contributed by atoms with van der Waals surface area (Å²) < 4.78 is 29.8. The minimum absolute atomic E-state index is 0.0283. The summed E-state index contributed by atoms with van der Waals surface area (Å²) in [5.41, 5.74) is 5.41. The molecule has 0 heterocycles. The Kier molecular flexibility index (Phi) is 10.4. The number of carbonyl (C=O) groups is 1. The van der Waals surface area contributed by atoms with Crippen LogP contribution in [0.1, 0.15) is 91.7 Å². The minimum atomic E-state index is -2.94. The highest BCUT2D eigenvalue weighted by Gasteiger charge is 2.35. The molecule has 2 saturated carbocycles. The lowest BCUT2D eigenvalue weighted by Crippen LogP contribution is -2.32. The third-order valence-electron chi connectivity index (χ3n) is 6.23. The number of benzene rings is 2. The molecule has 2 fully saturated rings. The van der Waals surface area contributed by atoms with Crippen molar-refractivity contribution < 1.29 is 22.8 Å². The molecule has 0 spiro atoms. The van der Waals surface area contributed by atoms with E-state index in [0.29, 0.717) is 0 Å². The van der Waals surface area contributed by atoms with E-state index in [4.69, 9.17) is 9.57 Å². The van der Waals surface area contributed by atoms with Crippen LogP contribution in [0.3, 0.4) is 0 Å². The van der Waals surface area contributed by atoms with Crippen molar-refractivity contribution in [3.63, 3.8) is 0 Å². The molecule has 0 unspecified atom stereocenters. The monoisotopic (exact) mass is 556 g/mol. The molecule has 1 N–H and O–H groups in total. The summed E-state index contributed by atoms with van der Waals surface area (Å²) in [5.74, 6) is -0.0229. The highest BCUT2D eigenvalue weighted by Crippen LogP contribution is 2.36. The Morgan fingerprint density at radius 3 is 1.72 bits per heavy atom. The standard InChI is InChI=1S/C17H17NO.C8H14O2.C6H13NO2S/c1-17(2,3)19-18-16-14-10-6-4-8-12(14)13-9-5-7-11-15(13)16;1-6(2)8(9)10-7-4-3-5-7;1-5(2)7-10(8,9)6-3-4-6/h4-11H,1-3H3;6-7H,3-5H2,1-2H3;5-7H,3-4H2,1-2H3. The van der Waals surface area contributed by atoms with E-state index in [1.165, 1.54) is 17.5 Å². The maximum Gasteiger partial charge on any atom is 0.308 e. The van der Waals surface area contributed by atoms with Gasteiger partial charge >= 0.3 is 5.97 Å². The molecule has 0 saturated heterocycles. The summed E-state index contributed by atoms with van der Waals surface area (Å²) in [4.78, 5) is 16.5. The number of nitrogens with zero attached hydrogens (tertiary/aromatic N) is 1. The van der Waals surface area contributed by atoms with Crippen LogP contribution in [0.15, 0.2) is 53.7 Å². The topological polar surface area (TPSA) is 94.1 Å². The lowest BCUT2D eigenvalue weighted by molar-refractivity contribution is -0.156. The number of esters is 1. The largest absolute Gasteiger partial charge is 0.462 e. The smallest absolute Gasteiger partial charge is 0.308 e. The van der Waals surface area contributed by atoms with Gasteiger partial charge in [0.05, 0.1) is 11.2 Å². The molecule has 0 radical (unpaired) electrons. The van der Waals surface area contributed by atoms with Gasteiger partial charge in [-0.2, -0.15) is 0 Å². The molecule has 2 aromatic carbocycles. The molecule has 0 atom stereocenters. The van der Waals surface area contributed by atoms with Crippen LogP contribution in [0, 0.1) is 5.92 Å². The molecule has 3 aliphatic rings. The number of fused-ring (bicyclic) bond motifs is 3. The molecular weight excluding hydrogens is 512 g/mol. The molecule has 5 rings (SSSR count). The number of carbonyl (C=O) groups excluding carboxylic acids is 1. The second kappa shape index (κ2) is 13.1. The van der Waals surface area contributed by atoms with Crippen LogP contribution in [0.25, 0.3) is 11.1 Å². The van der Waals surface area contributed by atoms with Crippen molar-refractivity contribution in [2.75, 3.05) is 0 Å². The number of nitrogens with one attached hydrogen (secondary N) is 1. The van der Waals surface area contributed by atoms with Crippen LogP contribution >= 0.6 is 0 Å².